The molecule has 0 saturated carbocycles. The SMILES string of the molecule is O=C(Nc1ccc(N2CCN(C(=O)c3ccco3)CC2)c(Cl)c1)c1cccc(F)c1. The Morgan fingerprint density at radius 2 is 1.80 bits per heavy atom. The van der Waals surface area contributed by atoms with Gasteiger partial charge in [-0.15, -0.1) is 0 Å². The highest BCUT2D eigenvalue weighted by Gasteiger charge is 2.24. The zero-order valence-electron chi connectivity index (χ0n) is 16.0. The molecule has 3 aromatic rings. The van der Waals surface area contributed by atoms with E-state index in [2.05, 4.69) is 10.2 Å². The maximum Gasteiger partial charge on any atom is 0.289 e. The summed E-state index contributed by atoms with van der Waals surface area (Å²) in [6, 6.07) is 14.1. The van der Waals surface area contributed by atoms with Gasteiger partial charge in [-0.2, -0.15) is 0 Å². The van der Waals surface area contributed by atoms with E-state index in [0.717, 1.165) is 5.69 Å². The molecule has 0 atom stereocenters. The van der Waals surface area contributed by atoms with Crippen LogP contribution in [0.5, 0.6) is 0 Å². The second-order valence-corrected chi connectivity index (χ2v) is 7.29. The third-order valence-electron chi connectivity index (χ3n) is 4.93. The standard InChI is InChI=1S/C22H19ClFN3O3/c23-18-14-17(25-21(28)15-3-1-4-16(24)13-15)6-7-19(18)26-8-10-27(11-9-26)22(29)20-5-2-12-30-20/h1-7,12-14H,8-11H2,(H,25,28). The molecular formula is C22H19ClFN3O3. The molecular weight excluding hydrogens is 409 g/mol. The first kappa shape index (κ1) is 20.0. The number of hydrogen-bond acceptors (Lipinski definition) is 4. The number of nitrogens with one attached hydrogen (secondary N) is 1. The Balaban J connectivity index is 1.39. The fourth-order valence-corrected chi connectivity index (χ4v) is 3.68. The van der Waals surface area contributed by atoms with Crippen molar-refractivity contribution in [2.75, 3.05) is 36.4 Å². The van der Waals surface area contributed by atoms with Crippen molar-refractivity contribution in [1.82, 2.24) is 4.90 Å². The van der Waals surface area contributed by atoms with Gasteiger partial charge >= 0.3 is 0 Å². The van der Waals surface area contributed by atoms with E-state index >= 15 is 0 Å². The van der Waals surface area contributed by atoms with Gasteiger partial charge < -0.3 is 19.5 Å². The van der Waals surface area contributed by atoms with Gasteiger partial charge in [0.15, 0.2) is 5.76 Å². The number of nitrogens with zero attached hydrogens (tertiary/aromatic N) is 2. The summed E-state index contributed by atoms with van der Waals surface area (Å²) in [7, 11) is 0. The van der Waals surface area contributed by atoms with Crippen LogP contribution in [0.15, 0.2) is 65.3 Å². The lowest BCUT2D eigenvalue weighted by molar-refractivity contribution is 0.0714. The molecule has 0 bridgehead atoms. The van der Waals surface area contributed by atoms with E-state index in [4.69, 9.17) is 16.0 Å². The Morgan fingerprint density at radius 1 is 1.00 bits per heavy atom. The molecule has 1 saturated heterocycles. The molecule has 1 fully saturated rings. The Kier molecular flexibility index (Phi) is 5.72. The number of benzene rings is 2. The first-order valence-electron chi connectivity index (χ1n) is 9.45. The van der Waals surface area contributed by atoms with Crippen LogP contribution >= 0.6 is 11.6 Å². The van der Waals surface area contributed by atoms with Crippen molar-refractivity contribution in [3.8, 4) is 0 Å². The lowest BCUT2D eigenvalue weighted by atomic mass is 10.2. The van der Waals surface area contributed by atoms with E-state index in [0.29, 0.717) is 42.6 Å². The Bertz CT molecular complexity index is 1060. The van der Waals surface area contributed by atoms with Crippen LogP contribution in [-0.4, -0.2) is 42.9 Å². The molecule has 0 spiro atoms. The fraction of sp³-hybridized carbons (Fsp3) is 0.182. The molecule has 0 radical (unpaired) electrons. The number of anilines is 2. The third-order valence-corrected chi connectivity index (χ3v) is 5.23. The average molecular weight is 428 g/mol. The largest absolute Gasteiger partial charge is 0.459 e. The number of furan rings is 1. The summed E-state index contributed by atoms with van der Waals surface area (Å²) in [6.07, 6.45) is 1.48. The minimum atomic E-state index is -0.472. The Morgan fingerprint density at radius 3 is 2.47 bits per heavy atom. The van der Waals surface area contributed by atoms with Gasteiger partial charge in [0.25, 0.3) is 11.8 Å². The molecule has 1 N–H and O–H groups in total. The van der Waals surface area contributed by atoms with Gasteiger partial charge in [-0.25, -0.2) is 4.39 Å². The van der Waals surface area contributed by atoms with Crippen LogP contribution < -0.4 is 10.2 Å². The van der Waals surface area contributed by atoms with Crippen molar-refractivity contribution in [2.45, 2.75) is 0 Å². The van der Waals surface area contributed by atoms with E-state index in [9.17, 15) is 14.0 Å². The van der Waals surface area contributed by atoms with Gasteiger partial charge in [-0.1, -0.05) is 17.7 Å². The van der Waals surface area contributed by atoms with E-state index < -0.39 is 11.7 Å². The van der Waals surface area contributed by atoms with E-state index in [1.807, 2.05) is 6.07 Å². The summed E-state index contributed by atoms with van der Waals surface area (Å²) in [5.41, 5.74) is 1.57. The van der Waals surface area contributed by atoms with Gasteiger partial charge in [-0.05, 0) is 48.5 Å². The molecule has 30 heavy (non-hydrogen) atoms. The van der Waals surface area contributed by atoms with Crippen molar-refractivity contribution in [3.63, 3.8) is 0 Å². The van der Waals surface area contributed by atoms with E-state index in [-0.39, 0.29) is 11.5 Å². The number of hydrogen-bond donors (Lipinski definition) is 1. The van der Waals surface area contributed by atoms with Crippen molar-refractivity contribution >= 4 is 34.8 Å². The molecule has 154 valence electrons. The van der Waals surface area contributed by atoms with Gasteiger partial charge in [0.05, 0.1) is 17.0 Å². The van der Waals surface area contributed by atoms with Gasteiger partial charge in [0, 0.05) is 37.4 Å². The van der Waals surface area contributed by atoms with Crippen LogP contribution in [0, 0.1) is 5.82 Å². The second-order valence-electron chi connectivity index (χ2n) is 6.89. The van der Waals surface area contributed by atoms with Crippen LogP contribution in [0.2, 0.25) is 5.02 Å². The molecule has 8 heteroatoms. The predicted molar refractivity (Wildman–Crippen MR) is 113 cm³/mol. The number of piperazine rings is 1. The quantitative estimate of drug-likeness (QED) is 0.674. The van der Waals surface area contributed by atoms with Crippen molar-refractivity contribution in [3.05, 3.63) is 83.0 Å². The summed E-state index contributed by atoms with van der Waals surface area (Å²) in [6.45, 7) is 2.35. The van der Waals surface area contributed by atoms with Crippen LogP contribution in [0.3, 0.4) is 0 Å². The molecule has 0 unspecified atom stereocenters. The minimum absolute atomic E-state index is 0.124. The summed E-state index contributed by atoms with van der Waals surface area (Å²) >= 11 is 6.45. The molecule has 1 aliphatic rings. The Labute approximate surface area is 177 Å². The van der Waals surface area contributed by atoms with Gasteiger partial charge in [0.1, 0.15) is 5.82 Å². The maximum atomic E-state index is 13.3. The monoisotopic (exact) mass is 427 g/mol. The topological polar surface area (TPSA) is 65.8 Å². The van der Waals surface area contributed by atoms with Crippen molar-refractivity contribution < 1.29 is 18.4 Å². The zero-order valence-corrected chi connectivity index (χ0v) is 16.7. The predicted octanol–water partition coefficient (Wildman–Crippen LogP) is 4.29. The van der Waals surface area contributed by atoms with Gasteiger partial charge in [0.2, 0.25) is 0 Å². The maximum absolute atomic E-state index is 13.3. The summed E-state index contributed by atoms with van der Waals surface area (Å²) < 4.78 is 18.5. The molecule has 1 aliphatic heterocycles. The number of carbonyl (C=O) groups excluding carboxylic acids is 2. The highest BCUT2D eigenvalue weighted by atomic mass is 35.5. The molecule has 2 aromatic carbocycles. The normalized spacial score (nSPS) is 13.9. The fourth-order valence-electron chi connectivity index (χ4n) is 3.38. The first-order chi connectivity index (χ1) is 14.5. The molecule has 6 nitrogen and oxygen atoms in total. The lowest BCUT2D eigenvalue weighted by Crippen LogP contribution is -2.48. The van der Waals surface area contributed by atoms with E-state index in [1.165, 1.54) is 30.5 Å². The zero-order chi connectivity index (χ0) is 21.1. The van der Waals surface area contributed by atoms with Crippen molar-refractivity contribution in [1.29, 1.82) is 0 Å². The second kappa shape index (κ2) is 8.59. The Hall–Kier alpha value is -3.32. The number of rotatable bonds is 4. The number of carbonyl (C=O) groups is 2. The van der Waals surface area contributed by atoms with Crippen molar-refractivity contribution in [2.24, 2.45) is 0 Å². The lowest BCUT2D eigenvalue weighted by Gasteiger charge is -2.36. The van der Waals surface area contributed by atoms with Gasteiger partial charge in [-0.3, -0.25) is 9.59 Å². The number of amides is 2. The first-order valence-corrected chi connectivity index (χ1v) is 9.83. The highest BCUT2D eigenvalue weighted by Crippen LogP contribution is 2.30. The molecule has 1 aromatic heterocycles. The van der Waals surface area contributed by atoms with E-state index in [1.54, 1.807) is 29.2 Å². The summed E-state index contributed by atoms with van der Waals surface area (Å²) in [5, 5.41) is 3.21. The van der Waals surface area contributed by atoms with Crippen LogP contribution in [0.1, 0.15) is 20.9 Å². The molecule has 2 amide bonds. The highest BCUT2D eigenvalue weighted by molar-refractivity contribution is 6.33. The van der Waals surface area contributed by atoms with Crippen LogP contribution in [0.4, 0.5) is 15.8 Å². The smallest absolute Gasteiger partial charge is 0.289 e. The molecule has 2 heterocycles. The summed E-state index contributed by atoms with van der Waals surface area (Å²) in [4.78, 5) is 28.5. The minimum Gasteiger partial charge on any atom is -0.459 e. The van der Waals surface area contributed by atoms with Crippen LogP contribution in [0.25, 0.3) is 0 Å². The molecule has 0 aliphatic carbocycles. The number of halogens is 2. The third kappa shape index (κ3) is 4.31. The molecule has 4 rings (SSSR count). The summed E-state index contributed by atoms with van der Waals surface area (Å²) in [5.74, 6) is -0.676. The average Bonchev–Trinajstić information content (AvgIpc) is 3.28. The van der Waals surface area contributed by atoms with Crippen LogP contribution in [-0.2, 0) is 0 Å².